The molecule has 0 aromatic heterocycles. The first-order chi connectivity index (χ1) is 9.60. The van der Waals surface area contributed by atoms with Gasteiger partial charge in [0.25, 0.3) is 0 Å². The van der Waals surface area contributed by atoms with E-state index in [1.807, 2.05) is 6.92 Å². The minimum atomic E-state index is -0.254. The van der Waals surface area contributed by atoms with Crippen molar-refractivity contribution in [3.05, 3.63) is 69.7 Å². The molecule has 2 aromatic carbocycles. The second-order valence-electron chi connectivity index (χ2n) is 4.60. The molecule has 20 heavy (non-hydrogen) atoms. The normalized spacial score (nSPS) is 12.4. The van der Waals surface area contributed by atoms with Crippen molar-refractivity contribution in [2.24, 2.45) is 0 Å². The number of rotatable bonds is 5. The molecule has 0 radical (unpaired) electrons. The van der Waals surface area contributed by atoms with Gasteiger partial charge in [0.2, 0.25) is 0 Å². The average Bonchev–Trinajstić information content (AvgIpc) is 2.43. The van der Waals surface area contributed by atoms with Crippen molar-refractivity contribution in [1.82, 2.24) is 5.32 Å². The summed E-state index contributed by atoms with van der Waals surface area (Å²) in [6.07, 6.45) is 0.637. The molecular weight excluding hydrogens is 324 g/mol. The van der Waals surface area contributed by atoms with E-state index in [2.05, 4.69) is 21.2 Å². The molecule has 2 rings (SSSR count). The minimum absolute atomic E-state index is 0.0266. The van der Waals surface area contributed by atoms with Crippen LogP contribution in [0.5, 0.6) is 0 Å². The van der Waals surface area contributed by atoms with Crippen molar-refractivity contribution in [1.29, 1.82) is 0 Å². The Morgan fingerprint density at radius 3 is 2.35 bits per heavy atom. The lowest BCUT2D eigenvalue weighted by Gasteiger charge is -2.19. The predicted octanol–water partition coefficient (Wildman–Crippen LogP) is 4.62. The molecule has 0 spiro atoms. The molecule has 0 fully saturated rings. The van der Waals surface area contributed by atoms with E-state index in [-0.39, 0.29) is 17.7 Å². The molecule has 0 saturated heterocycles. The Morgan fingerprint density at radius 1 is 1.05 bits per heavy atom. The first-order valence-corrected chi connectivity index (χ1v) is 7.32. The first-order valence-electron chi connectivity index (χ1n) is 6.53. The van der Waals surface area contributed by atoms with Gasteiger partial charge in [-0.3, -0.25) is 0 Å². The summed E-state index contributed by atoms with van der Waals surface area (Å²) in [7, 11) is 0. The summed E-state index contributed by atoms with van der Waals surface area (Å²) in [4.78, 5) is 0. The van der Waals surface area contributed by atoms with E-state index in [0.717, 1.165) is 22.1 Å². The van der Waals surface area contributed by atoms with E-state index >= 15 is 0 Å². The predicted molar refractivity (Wildman–Crippen MR) is 80.6 cm³/mol. The van der Waals surface area contributed by atoms with Crippen LogP contribution in [-0.4, -0.2) is 6.54 Å². The number of hydrogen-bond donors (Lipinski definition) is 1. The van der Waals surface area contributed by atoms with Gasteiger partial charge in [0.1, 0.15) is 11.6 Å². The second kappa shape index (κ2) is 6.95. The maximum atomic E-state index is 13.3. The monoisotopic (exact) mass is 339 g/mol. The van der Waals surface area contributed by atoms with Crippen LogP contribution in [0.2, 0.25) is 0 Å². The zero-order valence-electron chi connectivity index (χ0n) is 11.2. The van der Waals surface area contributed by atoms with Crippen LogP contribution in [0.4, 0.5) is 8.78 Å². The van der Waals surface area contributed by atoms with Gasteiger partial charge in [0, 0.05) is 10.5 Å². The number of halogens is 3. The smallest absolute Gasteiger partial charge is 0.123 e. The Morgan fingerprint density at radius 2 is 1.70 bits per heavy atom. The molecule has 0 saturated carbocycles. The Bertz CT molecular complexity index is 569. The highest BCUT2D eigenvalue weighted by Crippen LogP contribution is 2.25. The van der Waals surface area contributed by atoms with Crippen molar-refractivity contribution < 1.29 is 8.78 Å². The third kappa shape index (κ3) is 3.87. The van der Waals surface area contributed by atoms with E-state index in [1.165, 1.54) is 24.3 Å². The van der Waals surface area contributed by atoms with Crippen molar-refractivity contribution >= 4 is 15.9 Å². The third-order valence-electron chi connectivity index (χ3n) is 3.15. The van der Waals surface area contributed by atoms with Crippen LogP contribution in [-0.2, 0) is 6.42 Å². The Kier molecular flexibility index (Phi) is 5.26. The van der Waals surface area contributed by atoms with Crippen molar-refractivity contribution in [2.45, 2.75) is 19.4 Å². The van der Waals surface area contributed by atoms with Gasteiger partial charge in [-0.15, -0.1) is 0 Å². The molecule has 0 aliphatic carbocycles. The van der Waals surface area contributed by atoms with Gasteiger partial charge in [-0.25, -0.2) is 8.78 Å². The first kappa shape index (κ1) is 15.1. The summed E-state index contributed by atoms with van der Waals surface area (Å²) >= 11 is 3.44. The summed E-state index contributed by atoms with van der Waals surface area (Å²) in [6, 6.07) is 11.1. The zero-order chi connectivity index (χ0) is 14.5. The SMILES string of the molecule is CCNC(Cc1cc(F)ccc1Br)c1ccc(F)cc1. The average molecular weight is 340 g/mol. The minimum Gasteiger partial charge on any atom is -0.310 e. The lowest BCUT2D eigenvalue weighted by Crippen LogP contribution is -2.23. The van der Waals surface area contributed by atoms with Gasteiger partial charge >= 0.3 is 0 Å². The van der Waals surface area contributed by atoms with E-state index in [0.29, 0.717) is 6.42 Å². The molecule has 1 atom stereocenters. The quantitative estimate of drug-likeness (QED) is 0.837. The zero-order valence-corrected chi connectivity index (χ0v) is 12.8. The molecule has 1 nitrogen and oxygen atoms in total. The van der Waals surface area contributed by atoms with E-state index in [9.17, 15) is 8.78 Å². The highest BCUT2D eigenvalue weighted by Gasteiger charge is 2.13. The van der Waals surface area contributed by atoms with Crippen LogP contribution >= 0.6 is 15.9 Å². The fourth-order valence-corrected chi connectivity index (χ4v) is 2.58. The number of likely N-dealkylation sites (N-methyl/N-ethyl adjacent to an activating group) is 1. The van der Waals surface area contributed by atoms with E-state index in [4.69, 9.17) is 0 Å². The highest BCUT2D eigenvalue weighted by molar-refractivity contribution is 9.10. The third-order valence-corrected chi connectivity index (χ3v) is 3.93. The highest BCUT2D eigenvalue weighted by atomic mass is 79.9. The molecule has 1 N–H and O–H groups in total. The van der Waals surface area contributed by atoms with E-state index in [1.54, 1.807) is 18.2 Å². The lowest BCUT2D eigenvalue weighted by molar-refractivity contribution is 0.543. The molecule has 2 aromatic rings. The number of benzene rings is 2. The van der Waals surface area contributed by atoms with Gasteiger partial charge in [-0.05, 0) is 54.4 Å². The molecule has 0 heterocycles. The van der Waals surface area contributed by atoms with Crippen LogP contribution in [0, 0.1) is 11.6 Å². The second-order valence-corrected chi connectivity index (χ2v) is 5.46. The number of nitrogens with one attached hydrogen (secondary N) is 1. The maximum Gasteiger partial charge on any atom is 0.123 e. The molecular formula is C16H16BrF2N. The van der Waals surface area contributed by atoms with Crippen LogP contribution in [0.15, 0.2) is 46.9 Å². The fourth-order valence-electron chi connectivity index (χ4n) is 2.17. The van der Waals surface area contributed by atoms with Gasteiger partial charge < -0.3 is 5.32 Å². The summed E-state index contributed by atoms with van der Waals surface area (Å²) in [6.45, 7) is 2.80. The van der Waals surface area contributed by atoms with Gasteiger partial charge in [0.15, 0.2) is 0 Å². The maximum absolute atomic E-state index is 13.3. The van der Waals surface area contributed by atoms with Gasteiger partial charge in [0.05, 0.1) is 0 Å². The van der Waals surface area contributed by atoms with Crippen LogP contribution in [0.3, 0.4) is 0 Å². The molecule has 1 unspecified atom stereocenters. The van der Waals surface area contributed by atoms with Crippen molar-refractivity contribution in [3.8, 4) is 0 Å². The molecule has 4 heteroatoms. The Hall–Kier alpha value is -1.26. The van der Waals surface area contributed by atoms with Gasteiger partial charge in [-0.1, -0.05) is 35.0 Å². The van der Waals surface area contributed by atoms with E-state index < -0.39 is 0 Å². The summed E-state index contributed by atoms with van der Waals surface area (Å²) < 4.78 is 27.2. The Labute approximate surface area is 126 Å². The van der Waals surface area contributed by atoms with Crippen LogP contribution in [0.25, 0.3) is 0 Å². The number of hydrogen-bond acceptors (Lipinski definition) is 1. The summed E-state index contributed by atoms with van der Waals surface area (Å²) in [5, 5.41) is 3.35. The molecule has 0 aliphatic heterocycles. The Balaban J connectivity index is 2.25. The molecule has 0 bridgehead atoms. The van der Waals surface area contributed by atoms with Crippen molar-refractivity contribution in [2.75, 3.05) is 6.54 Å². The van der Waals surface area contributed by atoms with Crippen LogP contribution in [0.1, 0.15) is 24.1 Å². The van der Waals surface area contributed by atoms with Crippen LogP contribution < -0.4 is 5.32 Å². The largest absolute Gasteiger partial charge is 0.310 e. The van der Waals surface area contributed by atoms with Crippen molar-refractivity contribution in [3.63, 3.8) is 0 Å². The molecule has 0 aliphatic rings. The standard InChI is InChI=1S/C16H16BrF2N/c1-2-20-16(11-3-5-13(18)6-4-11)10-12-9-14(19)7-8-15(12)17/h3-9,16,20H,2,10H2,1H3. The lowest BCUT2D eigenvalue weighted by atomic mass is 9.98. The fraction of sp³-hybridized carbons (Fsp3) is 0.250. The summed E-state index contributed by atoms with van der Waals surface area (Å²) in [5.41, 5.74) is 1.88. The molecule has 0 amide bonds. The summed E-state index contributed by atoms with van der Waals surface area (Å²) in [5.74, 6) is -0.506. The van der Waals surface area contributed by atoms with Gasteiger partial charge in [-0.2, -0.15) is 0 Å². The molecule has 106 valence electrons. The topological polar surface area (TPSA) is 12.0 Å².